The van der Waals surface area contributed by atoms with Gasteiger partial charge in [0.2, 0.25) is 0 Å². The molecule has 3 heteroatoms. The van der Waals surface area contributed by atoms with Crippen molar-refractivity contribution in [3.8, 4) is 0 Å². The van der Waals surface area contributed by atoms with Crippen LogP contribution in [0, 0.1) is 5.92 Å². The zero-order valence-electron chi connectivity index (χ0n) is 12.5. The molecule has 1 aliphatic carbocycles. The summed E-state index contributed by atoms with van der Waals surface area (Å²) in [5, 5.41) is 3.65. The Morgan fingerprint density at radius 1 is 1.30 bits per heavy atom. The van der Waals surface area contributed by atoms with Crippen LogP contribution >= 0.6 is 0 Å². The van der Waals surface area contributed by atoms with Crippen molar-refractivity contribution in [1.29, 1.82) is 0 Å². The molecule has 2 unspecified atom stereocenters. The molecule has 1 N–H and O–H groups in total. The normalized spacial score (nSPS) is 22.5. The molecule has 1 aromatic rings. The van der Waals surface area contributed by atoms with Gasteiger partial charge in [0.05, 0.1) is 12.7 Å². The number of ether oxygens (including phenoxy) is 1. The van der Waals surface area contributed by atoms with Crippen molar-refractivity contribution in [3.63, 3.8) is 0 Å². The number of carbonyl (C=O) groups excluding carboxylic acids is 1. The highest BCUT2D eigenvalue weighted by Gasteiger charge is 2.23. The first-order valence-corrected chi connectivity index (χ1v) is 7.65. The fourth-order valence-electron chi connectivity index (χ4n) is 3.19. The van der Waals surface area contributed by atoms with Crippen LogP contribution in [0.15, 0.2) is 24.3 Å². The molecule has 2 rings (SSSR count). The molecule has 1 aromatic carbocycles. The minimum absolute atomic E-state index is 0.252. The Kier molecular flexibility index (Phi) is 5.60. The fourth-order valence-corrected chi connectivity index (χ4v) is 3.19. The number of rotatable bonds is 5. The van der Waals surface area contributed by atoms with Crippen LogP contribution in [0.25, 0.3) is 0 Å². The van der Waals surface area contributed by atoms with E-state index < -0.39 is 0 Å². The SMILES string of the molecule is CCC1CCCCC1NCc1ccccc1C(=O)OC. The molecule has 0 spiro atoms. The van der Waals surface area contributed by atoms with Gasteiger partial charge in [0.1, 0.15) is 0 Å². The smallest absolute Gasteiger partial charge is 0.338 e. The minimum atomic E-state index is -0.252. The van der Waals surface area contributed by atoms with Crippen molar-refractivity contribution in [2.24, 2.45) is 5.92 Å². The van der Waals surface area contributed by atoms with E-state index in [-0.39, 0.29) is 5.97 Å². The number of methoxy groups -OCH3 is 1. The third-order valence-corrected chi connectivity index (χ3v) is 4.41. The molecule has 3 nitrogen and oxygen atoms in total. The predicted octanol–water partition coefficient (Wildman–Crippen LogP) is 3.53. The van der Waals surface area contributed by atoms with Gasteiger partial charge in [0.25, 0.3) is 0 Å². The molecule has 110 valence electrons. The maximum atomic E-state index is 11.8. The number of esters is 1. The summed E-state index contributed by atoms with van der Waals surface area (Å²) < 4.78 is 4.84. The Balaban J connectivity index is 2.01. The lowest BCUT2D eigenvalue weighted by molar-refractivity contribution is 0.0599. The monoisotopic (exact) mass is 275 g/mol. The molecule has 1 fully saturated rings. The number of benzene rings is 1. The van der Waals surface area contributed by atoms with Crippen LogP contribution in [-0.4, -0.2) is 19.1 Å². The molecule has 0 radical (unpaired) electrons. The Labute approximate surface area is 121 Å². The van der Waals surface area contributed by atoms with E-state index in [9.17, 15) is 4.79 Å². The Morgan fingerprint density at radius 3 is 2.80 bits per heavy atom. The van der Waals surface area contributed by atoms with Gasteiger partial charge in [0.15, 0.2) is 0 Å². The fraction of sp³-hybridized carbons (Fsp3) is 0.588. The van der Waals surface area contributed by atoms with Gasteiger partial charge in [-0.15, -0.1) is 0 Å². The second-order valence-electron chi connectivity index (χ2n) is 5.59. The van der Waals surface area contributed by atoms with E-state index in [1.807, 2.05) is 24.3 Å². The van der Waals surface area contributed by atoms with Crippen molar-refractivity contribution < 1.29 is 9.53 Å². The van der Waals surface area contributed by atoms with E-state index in [2.05, 4.69) is 12.2 Å². The molecule has 2 atom stereocenters. The summed E-state index contributed by atoms with van der Waals surface area (Å²) in [5.41, 5.74) is 1.70. The number of hydrogen-bond donors (Lipinski definition) is 1. The minimum Gasteiger partial charge on any atom is -0.465 e. The summed E-state index contributed by atoms with van der Waals surface area (Å²) in [5.74, 6) is 0.520. The van der Waals surface area contributed by atoms with Crippen LogP contribution < -0.4 is 5.32 Å². The van der Waals surface area contributed by atoms with Crippen molar-refractivity contribution in [2.75, 3.05) is 7.11 Å². The highest BCUT2D eigenvalue weighted by Crippen LogP contribution is 2.27. The van der Waals surface area contributed by atoms with Gasteiger partial charge in [-0.2, -0.15) is 0 Å². The van der Waals surface area contributed by atoms with Gasteiger partial charge < -0.3 is 10.1 Å². The van der Waals surface area contributed by atoms with E-state index in [0.29, 0.717) is 11.6 Å². The quantitative estimate of drug-likeness (QED) is 0.835. The maximum Gasteiger partial charge on any atom is 0.338 e. The third-order valence-electron chi connectivity index (χ3n) is 4.41. The second-order valence-corrected chi connectivity index (χ2v) is 5.59. The van der Waals surface area contributed by atoms with Crippen LogP contribution in [0.5, 0.6) is 0 Å². The highest BCUT2D eigenvalue weighted by atomic mass is 16.5. The van der Waals surface area contributed by atoms with Gasteiger partial charge in [-0.3, -0.25) is 0 Å². The standard InChI is InChI=1S/C17H25NO2/c1-3-13-8-5-7-11-16(13)18-12-14-9-4-6-10-15(14)17(19)20-2/h4,6,9-10,13,16,18H,3,5,7-8,11-12H2,1-2H3. The van der Waals surface area contributed by atoms with Crippen LogP contribution in [0.4, 0.5) is 0 Å². The lowest BCUT2D eigenvalue weighted by Gasteiger charge is -2.31. The summed E-state index contributed by atoms with van der Waals surface area (Å²) in [7, 11) is 1.43. The van der Waals surface area contributed by atoms with E-state index in [0.717, 1.165) is 18.0 Å². The lowest BCUT2D eigenvalue weighted by Crippen LogP contribution is -2.38. The molecule has 0 aromatic heterocycles. The molecular weight excluding hydrogens is 250 g/mol. The maximum absolute atomic E-state index is 11.8. The summed E-state index contributed by atoms with van der Waals surface area (Å²) in [6.07, 6.45) is 6.48. The van der Waals surface area contributed by atoms with E-state index in [4.69, 9.17) is 4.74 Å². The summed E-state index contributed by atoms with van der Waals surface area (Å²) in [6, 6.07) is 8.27. The largest absolute Gasteiger partial charge is 0.465 e. The van der Waals surface area contributed by atoms with E-state index in [1.165, 1.54) is 39.2 Å². The molecule has 0 amide bonds. The second kappa shape index (κ2) is 7.44. The molecule has 0 saturated heterocycles. The molecular formula is C17H25NO2. The van der Waals surface area contributed by atoms with Gasteiger partial charge in [0, 0.05) is 12.6 Å². The van der Waals surface area contributed by atoms with Crippen LogP contribution in [0.2, 0.25) is 0 Å². The molecule has 0 aliphatic heterocycles. The summed E-state index contributed by atoms with van der Waals surface area (Å²) in [4.78, 5) is 11.8. The lowest BCUT2D eigenvalue weighted by atomic mass is 9.83. The number of carbonyl (C=O) groups is 1. The number of hydrogen-bond acceptors (Lipinski definition) is 3. The van der Waals surface area contributed by atoms with Crippen molar-refractivity contribution in [3.05, 3.63) is 35.4 Å². The van der Waals surface area contributed by atoms with E-state index in [1.54, 1.807) is 0 Å². The molecule has 1 saturated carbocycles. The zero-order chi connectivity index (χ0) is 14.4. The van der Waals surface area contributed by atoms with Gasteiger partial charge in [-0.05, 0) is 30.4 Å². The Bertz CT molecular complexity index is 444. The topological polar surface area (TPSA) is 38.3 Å². The van der Waals surface area contributed by atoms with E-state index >= 15 is 0 Å². The molecule has 0 heterocycles. The van der Waals surface area contributed by atoms with Crippen molar-refractivity contribution in [2.45, 2.75) is 51.6 Å². The van der Waals surface area contributed by atoms with Gasteiger partial charge >= 0.3 is 5.97 Å². The zero-order valence-corrected chi connectivity index (χ0v) is 12.5. The Morgan fingerprint density at radius 2 is 2.05 bits per heavy atom. The molecule has 0 bridgehead atoms. The van der Waals surface area contributed by atoms with Gasteiger partial charge in [-0.1, -0.05) is 44.4 Å². The predicted molar refractivity (Wildman–Crippen MR) is 80.7 cm³/mol. The number of nitrogens with one attached hydrogen (secondary N) is 1. The van der Waals surface area contributed by atoms with Crippen LogP contribution in [-0.2, 0) is 11.3 Å². The molecule has 20 heavy (non-hydrogen) atoms. The highest BCUT2D eigenvalue weighted by molar-refractivity contribution is 5.90. The first kappa shape index (κ1) is 15.0. The third kappa shape index (κ3) is 3.60. The average Bonchev–Trinajstić information content (AvgIpc) is 2.52. The molecule has 1 aliphatic rings. The first-order chi connectivity index (χ1) is 9.76. The average molecular weight is 275 g/mol. The summed E-state index contributed by atoms with van der Waals surface area (Å²) >= 11 is 0. The summed E-state index contributed by atoms with van der Waals surface area (Å²) in [6.45, 7) is 3.01. The van der Waals surface area contributed by atoms with Crippen molar-refractivity contribution in [1.82, 2.24) is 5.32 Å². The Hall–Kier alpha value is -1.35. The van der Waals surface area contributed by atoms with Crippen molar-refractivity contribution >= 4 is 5.97 Å². The first-order valence-electron chi connectivity index (χ1n) is 7.65. The van der Waals surface area contributed by atoms with Gasteiger partial charge in [-0.25, -0.2) is 4.79 Å². The van der Waals surface area contributed by atoms with Crippen LogP contribution in [0.1, 0.15) is 54.9 Å². The van der Waals surface area contributed by atoms with Crippen LogP contribution in [0.3, 0.4) is 0 Å².